The highest BCUT2D eigenvalue weighted by Crippen LogP contribution is 2.28. The molecule has 0 N–H and O–H groups in total. The minimum absolute atomic E-state index is 0.0351. The molecule has 0 spiro atoms. The van der Waals surface area contributed by atoms with E-state index in [0.29, 0.717) is 17.1 Å². The molecule has 0 fully saturated rings. The second-order valence-electron chi connectivity index (χ2n) is 7.80. The fourth-order valence-corrected chi connectivity index (χ4v) is 2.88. The summed E-state index contributed by atoms with van der Waals surface area (Å²) in [5, 5.41) is 0. The summed E-state index contributed by atoms with van der Waals surface area (Å²) in [5.41, 5.74) is 2.23. The molecule has 6 nitrogen and oxygen atoms in total. The van der Waals surface area contributed by atoms with Gasteiger partial charge < -0.3 is 18.9 Å². The number of carbonyl (C=O) groups excluding carboxylic acids is 2. The number of rotatable bonds is 10. The fourth-order valence-electron chi connectivity index (χ4n) is 2.88. The van der Waals surface area contributed by atoms with Crippen molar-refractivity contribution in [1.29, 1.82) is 0 Å². The van der Waals surface area contributed by atoms with Gasteiger partial charge in [-0.1, -0.05) is 37.4 Å². The molecule has 0 saturated carbocycles. The zero-order chi connectivity index (χ0) is 26.2. The van der Waals surface area contributed by atoms with Crippen LogP contribution < -0.4 is 18.9 Å². The summed E-state index contributed by atoms with van der Waals surface area (Å²) in [4.78, 5) is 23.1. The van der Waals surface area contributed by atoms with Gasteiger partial charge in [-0.15, -0.1) is 0 Å². The smallest absolute Gasteiger partial charge is 0.338 e. The third-order valence-electron chi connectivity index (χ3n) is 4.73. The Balaban J connectivity index is 1.51. The van der Waals surface area contributed by atoms with Crippen molar-refractivity contribution in [3.8, 4) is 34.1 Å². The largest absolute Gasteiger partial charge is 0.490 e. The lowest BCUT2D eigenvalue weighted by molar-refractivity contribution is -0.130. The van der Waals surface area contributed by atoms with Crippen LogP contribution in [0.15, 0.2) is 85.0 Å². The molecule has 0 bridgehead atoms. The molecule has 0 radical (unpaired) electrons. The van der Waals surface area contributed by atoms with Gasteiger partial charge in [0.1, 0.15) is 30.5 Å². The molecule has 0 aliphatic heterocycles. The van der Waals surface area contributed by atoms with E-state index in [1.54, 1.807) is 31.2 Å². The van der Waals surface area contributed by atoms with Gasteiger partial charge >= 0.3 is 11.9 Å². The lowest BCUT2D eigenvalue weighted by Crippen LogP contribution is -2.12. The van der Waals surface area contributed by atoms with E-state index in [9.17, 15) is 18.4 Å². The minimum atomic E-state index is -1.01. The van der Waals surface area contributed by atoms with Crippen LogP contribution in [0.5, 0.6) is 23.0 Å². The van der Waals surface area contributed by atoms with Crippen molar-refractivity contribution in [2.45, 2.75) is 13.8 Å². The maximum atomic E-state index is 14.2. The van der Waals surface area contributed by atoms with Gasteiger partial charge in [-0.05, 0) is 49.2 Å². The summed E-state index contributed by atoms with van der Waals surface area (Å²) in [5.74, 6) is -3.22. The van der Waals surface area contributed by atoms with E-state index >= 15 is 0 Å². The van der Waals surface area contributed by atoms with Crippen LogP contribution >= 0.6 is 0 Å². The first-order valence-electron chi connectivity index (χ1n) is 10.8. The molecule has 0 aromatic heterocycles. The maximum absolute atomic E-state index is 14.2. The Kier molecular flexibility index (Phi) is 8.57. The van der Waals surface area contributed by atoms with Crippen LogP contribution in [0, 0.1) is 11.6 Å². The Morgan fingerprint density at radius 2 is 1.08 bits per heavy atom. The van der Waals surface area contributed by atoms with Crippen molar-refractivity contribution >= 4 is 11.9 Å². The average molecular weight is 494 g/mol. The first-order valence-corrected chi connectivity index (χ1v) is 10.8. The average Bonchev–Trinajstić information content (AvgIpc) is 2.84. The summed E-state index contributed by atoms with van der Waals surface area (Å²) in [6.07, 6.45) is 0. The van der Waals surface area contributed by atoms with Crippen molar-refractivity contribution in [2.24, 2.45) is 0 Å². The van der Waals surface area contributed by atoms with Gasteiger partial charge in [0, 0.05) is 23.3 Å². The van der Waals surface area contributed by atoms with Crippen molar-refractivity contribution in [1.82, 2.24) is 0 Å². The summed E-state index contributed by atoms with van der Waals surface area (Å²) in [6, 6.07) is 15.9. The summed E-state index contributed by atoms with van der Waals surface area (Å²) < 4.78 is 49.1. The fraction of sp³-hybridized carbons (Fsp3) is 0.143. The molecular weight excluding hydrogens is 470 g/mol. The van der Waals surface area contributed by atoms with Crippen LogP contribution in [-0.2, 0) is 9.59 Å². The Morgan fingerprint density at radius 1 is 0.667 bits per heavy atom. The molecule has 0 atom stereocenters. The molecule has 0 aliphatic carbocycles. The van der Waals surface area contributed by atoms with Crippen LogP contribution in [0.1, 0.15) is 13.8 Å². The third kappa shape index (κ3) is 7.02. The SMILES string of the molecule is C=C(C)C(=O)Oc1ccc(-c2ccc(OCCOc3c(F)cc(OC(=O)C(=C)C)cc3F)cc2)cc1. The van der Waals surface area contributed by atoms with Crippen LogP contribution in [0.3, 0.4) is 0 Å². The highest BCUT2D eigenvalue weighted by Gasteiger charge is 2.16. The molecule has 0 unspecified atom stereocenters. The van der Waals surface area contributed by atoms with E-state index in [1.165, 1.54) is 6.92 Å². The molecule has 36 heavy (non-hydrogen) atoms. The predicted octanol–water partition coefficient (Wildman–Crippen LogP) is 6.05. The number of halogens is 2. The Morgan fingerprint density at radius 3 is 1.56 bits per heavy atom. The highest BCUT2D eigenvalue weighted by atomic mass is 19.1. The minimum Gasteiger partial charge on any atom is -0.490 e. The molecule has 0 saturated heterocycles. The topological polar surface area (TPSA) is 71.1 Å². The van der Waals surface area contributed by atoms with E-state index in [4.69, 9.17) is 18.9 Å². The van der Waals surface area contributed by atoms with Gasteiger partial charge in [0.2, 0.25) is 0 Å². The van der Waals surface area contributed by atoms with Gasteiger partial charge in [-0.25, -0.2) is 18.4 Å². The molecule has 186 valence electrons. The van der Waals surface area contributed by atoms with Crippen LogP contribution in [0.2, 0.25) is 0 Å². The predicted molar refractivity (Wildman–Crippen MR) is 130 cm³/mol. The standard InChI is InChI=1S/C28H24F2O6/c1-17(2)27(31)35-22-11-7-20(8-12-22)19-5-9-21(10-6-19)33-13-14-34-26-24(29)15-23(16-25(26)30)36-28(32)18(3)4/h5-12,15-16H,1,3,13-14H2,2,4H3. The Hall–Kier alpha value is -4.46. The Bertz CT molecular complexity index is 1260. The Labute approximate surface area is 207 Å². The number of hydrogen-bond donors (Lipinski definition) is 0. The van der Waals surface area contributed by atoms with Gasteiger partial charge in [0.25, 0.3) is 0 Å². The van der Waals surface area contributed by atoms with E-state index in [2.05, 4.69) is 13.2 Å². The van der Waals surface area contributed by atoms with Gasteiger partial charge in [-0.2, -0.15) is 0 Å². The number of hydrogen-bond acceptors (Lipinski definition) is 6. The first-order chi connectivity index (χ1) is 17.1. The number of carbonyl (C=O) groups is 2. The molecule has 8 heteroatoms. The lowest BCUT2D eigenvalue weighted by Gasteiger charge is -2.12. The van der Waals surface area contributed by atoms with Crippen molar-refractivity contribution < 1.29 is 37.3 Å². The van der Waals surface area contributed by atoms with E-state index in [0.717, 1.165) is 23.3 Å². The third-order valence-corrected chi connectivity index (χ3v) is 4.73. The van der Waals surface area contributed by atoms with Crippen molar-refractivity contribution in [2.75, 3.05) is 13.2 Å². The van der Waals surface area contributed by atoms with E-state index in [1.807, 2.05) is 24.3 Å². The normalized spacial score (nSPS) is 10.3. The zero-order valence-electron chi connectivity index (χ0n) is 19.8. The zero-order valence-corrected chi connectivity index (χ0v) is 19.8. The van der Waals surface area contributed by atoms with Gasteiger partial charge in [0.05, 0.1) is 0 Å². The van der Waals surface area contributed by atoms with Crippen LogP contribution in [0.4, 0.5) is 8.78 Å². The second-order valence-corrected chi connectivity index (χ2v) is 7.80. The number of esters is 2. The molecule has 3 aromatic carbocycles. The van der Waals surface area contributed by atoms with Gasteiger partial charge in [-0.3, -0.25) is 0 Å². The van der Waals surface area contributed by atoms with E-state index in [-0.39, 0.29) is 24.5 Å². The summed E-state index contributed by atoms with van der Waals surface area (Å²) in [6.45, 7) is 9.86. The summed E-state index contributed by atoms with van der Waals surface area (Å²) in [7, 11) is 0. The lowest BCUT2D eigenvalue weighted by atomic mass is 10.1. The molecule has 3 aromatic rings. The van der Waals surface area contributed by atoms with Crippen molar-refractivity contribution in [3.05, 3.63) is 96.6 Å². The van der Waals surface area contributed by atoms with Crippen LogP contribution in [-0.4, -0.2) is 25.2 Å². The quantitative estimate of drug-likeness (QED) is 0.148. The monoisotopic (exact) mass is 494 g/mol. The number of ether oxygens (including phenoxy) is 4. The molecule has 0 aliphatic rings. The molecular formula is C28H24F2O6. The van der Waals surface area contributed by atoms with Crippen molar-refractivity contribution in [3.63, 3.8) is 0 Å². The highest BCUT2D eigenvalue weighted by molar-refractivity contribution is 5.89. The maximum Gasteiger partial charge on any atom is 0.338 e. The molecule has 0 amide bonds. The van der Waals surface area contributed by atoms with Gasteiger partial charge in [0.15, 0.2) is 17.4 Å². The number of benzene rings is 3. The first kappa shape index (κ1) is 26.2. The summed E-state index contributed by atoms with van der Waals surface area (Å²) >= 11 is 0. The molecule has 3 rings (SSSR count). The molecule has 0 heterocycles. The van der Waals surface area contributed by atoms with Crippen LogP contribution in [0.25, 0.3) is 11.1 Å². The van der Waals surface area contributed by atoms with E-state index < -0.39 is 29.3 Å². The second kappa shape index (κ2) is 11.8.